The van der Waals surface area contributed by atoms with Gasteiger partial charge in [-0.15, -0.1) is 0 Å². The molecule has 23 heavy (non-hydrogen) atoms. The lowest BCUT2D eigenvalue weighted by molar-refractivity contribution is -0.597. The first-order valence-corrected chi connectivity index (χ1v) is 10.5. The molecule has 0 aliphatic rings. The van der Waals surface area contributed by atoms with Gasteiger partial charge in [0.05, 0.1) is 6.61 Å². The third kappa shape index (κ3) is 8.40. The van der Waals surface area contributed by atoms with E-state index in [-0.39, 0.29) is 28.6 Å². The van der Waals surface area contributed by atoms with Crippen LogP contribution in [0.4, 0.5) is 0 Å². The molecule has 2 heteroatoms. The van der Waals surface area contributed by atoms with Crippen LogP contribution >= 0.6 is 0 Å². The maximum Gasteiger partial charge on any atom is 0.357 e. The van der Waals surface area contributed by atoms with Crippen LogP contribution in [0, 0.1) is 7.14 Å². The van der Waals surface area contributed by atoms with Crippen molar-refractivity contribution in [2.24, 2.45) is 0 Å². The smallest absolute Gasteiger partial charge is 0.357 e. The molecule has 0 aliphatic carbocycles. The van der Waals surface area contributed by atoms with Crippen LogP contribution in [-0.4, -0.2) is 6.61 Å². The average Bonchev–Trinajstić information content (AvgIpc) is 2.56. The summed E-state index contributed by atoms with van der Waals surface area (Å²) in [6, 6.07) is 19.4. The predicted molar refractivity (Wildman–Crippen MR) is 95.9 cm³/mol. The van der Waals surface area contributed by atoms with E-state index >= 15 is 0 Å². The minimum absolute atomic E-state index is 0. The summed E-state index contributed by atoms with van der Waals surface area (Å²) in [5.41, 5.74) is 0. The zero-order valence-electron chi connectivity index (χ0n) is 13.4. The van der Waals surface area contributed by atoms with Gasteiger partial charge >= 0.3 is 21.2 Å². The Kier molecular flexibility index (Phi) is 10.8. The molecule has 0 atom stereocenters. The summed E-state index contributed by atoms with van der Waals surface area (Å²) in [4.78, 5) is 0. The molecule has 0 radical (unpaired) electrons. The van der Waals surface area contributed by atoms with E-state index in [1.54, 1.807) is 0 Å². The molecule has 2 aromatic rings. The van der Waals surface area contributed by atoms with Gasteiger partial charge < -0.3 is 4.74 Å². The van der Waals surface area contributed by atoms with Crippen LogP contribution in [0.15, 0.2) is 54.6 Å². The molecule has 0 saturated heterocycles. The fraction of sp³-hybridized carbons (Fsp3) is 0.429. The van der Waals surface area contributed by atoms with E-state index in [1.807, 2.05) is 0 Å². The number of halogens is 1. The lowest BCUT2D eigenvalue weighted by atomic mass is 10.1. The van der Waals surface area contributed by atoms with Gasteiger partial charge in [0.25, 0.3) is 0 Å². The Bertz CT molecular complexity index is 507. The number of benzene rings is 2. The molecule has 0 fully saturated rings. The molecule has 2 rings (SSSR count). The fourth-order valence-corrected chi connectivity index (χ4v) is 4.48. The number of rotatable bonds is 10. The Morgan fingerprint density at radius 1 is 0.739 bits per heavy atom. The summed E-state index contributed by atoms with van der Waals surface area (Å²) in [5.74, 6) is 1.01. The SMILES string of the molecule is C.CCCCCCCCOc1ccc([I+]c2ccccc2)cc1. The summed E-state index contributed by atoms with van der Waals surface area (Å²) in [7, 11) is 0. The Labute approximate surface area is 152 Å². The normalized spacial score (nSPS) is 10.1. The maximum atomic E-state index is 5.83. The van der Waals surface area contributed by atoms with Crippen molar-refractivity contribution in [3.8, 4) is 5.75 Å². The topological polar surface area (TPSA) is 9.23 Å². The summed E-state index contributed by atoms with van der Waals surface area (Å²) in [5, 5.41) is 0. The molecule has 0 heterocycles. The number of hydrogen-bond donors (Lipinski definition) is 0. The summed E-state index contributed by atoms with van der Waals surface area (Å²) in [6.45, 7) is 3.10. The van der Waals surface area contributed by atoms with Crippen molar-refractivity contribution in [1.82, 2.24) is 0 Å². The number of hydrogen-bond acceptors (Lipinski definition) is 1. The third-order valence-corrected chi connectivity index (χ3v) is 6.22. The van der Waals surface area contributed by atoms with Gasteiger partial charge in [0.15, 0.2) is 7.14 Å². The molecule has 0 bridgehead atoms. The van der Waals surface area contributed by atoms with E-state index in [2.05, 4.69) is 61.5 Å². The van der Waals surface area contributed by atoms with Crippen LogP contribution in [0.1, 0.15) is 52.9 Å². The molecule has 0 saturated carbocycles. The van der Waals surface area contributed by atoms with E-state index in [9.17, 15) is 0 Å². The van der Waals surface area contributed by atoms with Gasteiger partial charge in [-0.3, -0.25) is 0 Å². The number of ether oxygens (including phenoxy) is 1. The van der Waals surface area contributed by atoms with E-state index < -0.39 is 0 Å². The zero-order chi connectivity index (χ0) is 15.5. The van der Waals surface area contributed by atoms with Gasteiger partial charge in [-0.2, -0.15) is 0 Å². The van der Waals surface area contributed by atoms with Crippen molar-refractivity contribution >= 4 is 0 Å². The molecule has 0 unspecified atom stereocenters. The number of unbranched alkanes of at least 4 members (excludes halogenated alkanes) is 5. The van der Waals surface area contributed by atoms with Gasteiger partial charge in [-0.25, -0.2) is 0 Å². The highest BCUT2D eigenvalue weighted by atomic mass is 127. The standard InChI is InChI=1S/C20H26IO.CH4/c1-2-3-4-5-6-10-17-22-20-15-13-19(14-16-20)21-18-11-8-7-9-12-18;/h7-9,11-16H,2-6,10,17H2,1H3;1H4/q+1;. The van der Waals surface area contributed by atoms with Gasteiger partial charge in [0, 0.05) is 0 Å². The monoisotopic (exact) mass is 425 g/mol. The summed E-state index contributed by atoms with van der Waals surface area (Å²) in [6.07, 6.45) is 7.85. The second-order valence-electron chi connectivity index (χ2n) is 5.46. The van der Waals surface area contributed by atoms with Crippen LogP contribution in [0.5, 0.6) is 5.75 Å². The minimum atomic E-state index is -0.0655. The largest absolute Gasteiger partial charge is 0.494 e. The molecule has 0 aromatic heterocycles. The van der Waals surface area contributed by atoms with Gasteiger partial charge in [0.2, 0.25) is 0 Å². The Hall–Kier alpha value is -1.03. The van der Waals surface area contributed by atoms with Crippen molar-refractivity contribution in [3.63, 3.8) is 0 Å². The van der Waals surface area contributed by atoms with Crippen LogP contribution < -0.4 is 25.9 Å². The van der Waals surface area contributed by atoms with Crippen LogP contribution in [0.3, 0.4) is 0 Å². The van der Waals surface area contributed by atoms with Crippen molar-refractivity contribution in [1.29, 1.82) is 0 Å². The second kappa shape index (κ2) is 12.4. The van der Waals surface area contributed by atoms with E-state index in [1.165, 1.54) is 45.7 Å². The summed E-state index contributed by atoms with van der Waals surface area (Å²) >= 11 is -0.0655. The second-order valence-corrected chi connectivity index (χ2v) is 8.49. The molecule has 126 valence electrons. The quantitative estimate of drug-likeness (QED) is 0.420. The lowest BCUT2D eigenvalue weighted by Gasteiger charge is -2.05. The average molecular weight is 425 g/mol. The fourth-order valence-electron chi connectivity index (χ4n) is 2.27. The van der Waals surface area contributed by atoms with Crippen molar-refractivity contribution in [2.75, 3.05) is 6.61 Å². The third-order valence-electron chi connectivity index (χ3n) is 3.53. The molecule has 0 amide bonds. The van der Waals surface area contributed by atoms with Crippen molar-refractivity contribution in [3.05, 3.63) is 61.7 Å². The van der Waals surface area contributed by atoms with Crippen LogP contribution in [0.25, 0.3) is 0 Å². The van der Waals surface area contributed by atoms with Gasteiger partial charge in [0.1, 0.15) is 5.75 Å². The molecule has 1 nitrogen and oxygen atoms in total. The van der Waals surface area contributed by atoms with Crippen LogP contribution in [0.2, 0.25) is 0 Å². The van der Waals surface area contributed by atoms with Gasteiger partial charge in [-0.1, -0.05) is 64.7 Å². The highest BCUT2D eigenvalue weighted by Gasteiger charge is 2.14. The highest BCUT2D eigenvalue weighted by molar-refractivity contribution is 5.20. The van der Waals surface area contributed by atoms with E-state index in [0.717, 1.165) is 12.4 Å². The Balaban J connectivity index is 0.00000264. The van der Waals surface area contributed by atoms with Crippen molar-refractivity contribution in [2.45, 2.75) is 52.9 Å². The molecule has 2 aromatic carbocycles. The predicted octanol–water partition coefficient (Wildman–Crippen LogP) is 3.19. The first kappa shape index (κ1) is 20.0. The lowest BCUT2D eigenvalue weighted by Crippen LogP contribution is -3.61. The van der Waals surface area contributed by atoms with Crippen molar-refractivity contribution < 1.29 is 25.9 Å². The molecule has 0 N–H and O–H groups in total. The van der Waals surface area contributed by atoms with E-state index in [4.69, 9.17) is 4.74 Å². The minimum Gasteiger partial charge on any atom is -0.494 e. The molecular weight excluding hydrogens is 395 g/mol. The maximum absolute atomic E-state index is 5.83. The molecule has 0 aliphatic heterocycles. The summed E-state index contributed by atoms with van der Waals surface area (Å²) < 4.78 is 8.73. The zero-order valence-corrected chi connectivity index (χ0v) is 15.6. The Morgan fingerprint density at radius 3 is 2.04 bits per heavy atom. The highest BCUT2D eigenvalue weighted by Crippen LogP contribution is 2.10. The van der Waals surface area contributed by atoms with Crippen LogP contribution in [-0.2, 0) is 0 Å². The van der Waals surface area contributed by atoms with Gasteiger partial charge in [-0.05, 0) is 42.8 Å². The molecule has 0 spiro atoms. The Morgan fingerprint density at radius 2 is 1.35 bits per heavy atom. The molecular formula is C21H30IO+. The van der Waals surface area contributed by atoms with E-state index in [0.29, 0.717) is 0 Å². The first-order chi connectivity index (χ1) is 10.9. The first-order valence-electron chi connectivity index (χ1n) is 8.31.